The lowest BCUT2D eigenvalue weighted by atomic mass is 10.0. The lowest BCUT2D eigenvalue weighted by Gasteiger charge is -2.23. The molecular weight excluding hydrogens is 204 g/mol. The minimum Gasteiger partial charge on any atom is -0.378 e. The molecule has 1 rings (SSSR count). The summed E-state index contributed by atoms with van der Waals surface area (Å²) in [6, 6.07) is 0. The van der Waals surface area contributed by atoms with Gasteiger partial charge in [0.1, 0.15) is 0 Å². The van der Waals surface area contributed by atoms with Gasteiger partial charge >= 0.3 is 0 Å². The second kappa shape index (κ2) is 7.63. The summed E-state index contributed by atoms with van der Waals surface area (Å²) in [7, 11) is 3.76. The van der Waals surface area contributed by atoms with Gasteiger partial charge in [0, 0.05) is 33.2 Å². The maximum atomic E-state index is 11.7. The van der Waals surface area contributed by atoms with Gasteiger partial charge in [0.15, 0.2) is 0 Å². The highest BCUT2D eigenvalue weighted by Crippen LogP contribution is 2.17. The Bertz CT molecular complexity index is 203. The highest BCUT2D eigenvalue weighted by Gasteiger charge is 2.16. The zero-order valence-electron chi connectivity index (χ0n) is 10.5. The normalized spacial score (nSPS) is 20.8. The molecule has 0 aliphatic carbocycles. The first-order valence-electron chi connectivity index (χ1n) is 6.24. The van der Waals surface area contributed by atoms with Gasteiger partial charge in [0.05, 0.1) is 6.10 Å². The van der Waals surface area contributed by atoms with E-state index in [1.165, 1.54) is 12.8 Å². The summed E-state index contributed by atoms with van der Waals surface area (Å²) >= 11 is 0. The molecule has 1 N–H and O–H groups in total. The van der Waals surface area contributed by atoms with Crippen LogP contribution >= 0.6 is 0 Å². The molecule has 0 saturated carbocycles. The quantitative estimate of drug-likeness (QED) is 0.738. The van der Waals surface area contributed by atoms with Gasteiger partial charge < -0.3 is 15.0 Å². The van der Waals surface area contributed by atoms with Crippen LogP contribution < -0.4 is 5.32 Å². The molecule has 1 atom stereocenters. The standard InChI is InChI=1S/C12H24N2O2/c1-13-8-9-14(2)12(15)7-6-11-5-3-4-10-16-11/h11,13H,3-10H2,1-2H3. The summed E-state index contributed by atoms with van der Waals surface area (Å²) in [5.41, 5.74) is 0. The molecule has 16 heavy (non-hydrogen) atoms. The predicted molar refractivity (Wildman–Crippen MR) is 64.4 cm³/mol. The molecule has 1 aliphatic heterocycles. The minimum atomic E-state index is 0.226. The molecule has 4 nitrogen and oxygen atoms in total. The number of amides is 1. The summed E-state index contributed by atoms with van der Waals surface area (Å²) in [6.07, 6.45) is 5.35. The van der Waals surface area contributed by atoms with Gasteiger partial charge in [0.2, 0.25) is 5.91 Å². The second-order valence-corrected chi connectivity index (χ2v) is 4.45. The number of ether oxygens (including phenoxy) is 1. The van der Waals surface area contributed by atoms with Crippen molar-refractivity contribution in [3.8, 4) is 0 Å². The Labute approximate surface area is 98.3 Å². The molecule has 0 radical (unpaired) electrons. The van der Waals surface area contributed by atoms with Crippen molar-refractivity contribution >= 4 is 5.91 Å². The van der Waals surface area contributed by atoms with E-state index in [2.05, 4.69) is 5.32 Å². The van der Waals surface area contributed by atoms with E-state index in [-0.39, 0.29) is 5.91 Å². The highest BCUT2D eigenvalue weighted by atomic mass is 16.5. The van der Waals surface area contributed by atoms with Crippen LogP contribution in [0, 0.1) is 0 Å². The molecule has 1 heterocycles. The van der Waals surface area contributed by atoms with Crippen molar-refractivity contribution in [2.24, 2.45) is 0 Å². The van der Waals surface area contributed by atoms with Crippen molar-refractivity contribution in [3.63, 3.8) is 0 Å². The predicted octanol–water partition coefficient (Wildman–Crippen LogP) is 1.01. The first-order valence-corrected chi connectivity index (χ1v) is 6.24. The molecule has 1 fully saturated rings. The van der Waals surface area contributed by atoms with Gasteiger partial charge in [-0.15, -0.1) is 0 Å². The Morgan fingerprint density at radius 3 is 2.94 bits per heavy atom. The van der Waals surface area contributed by atoms with Crippen LogP contribution in [-0.2, 0) is 9.53 Å². The fourth-order valence-corrected chi connectivity index (χ4v) is 1.91. The largest absolute Gasteiger partial charge is 0.378 e. The Kier molecular flexibility index (Phi) is 6.42. The van der Waals surface area contributed by atoms with E-state index < -0.39 is 0 Å². The molecule has 0 aromatic rings. The first kappa shape index (κ1) is 13.5. The van der Waals surface area contributed by atoms with E-state index in [1.807, 2.05) is 14.1 Å². The van der Waals surface area contributed by atoms with Crippen molar-refractivity contribution in [2.75, 3.05) is 33.8 Å². The van der Waals surface area contributed by atoms with Crippen molar-refractivity contribution in [1.29, 1.82) is 0 Å². The molecule has 1 unspecified atom stereocenters. The molecule has 0 bridgehead atoms. The summed E-state index contributed by atoms with van der Waals surface area (Å²) in [5.74, 6) is 0.226. The zero-order chi connectivity index (χ0) is 11.8. The van der Waals surface area contributed by atoms with Crippen LogP contribution in [0.2, 0.25) is 0 Å². The first-order chi connectivity index (χ1) is 7.74. The van der Waals surface area contributed by atoms with E-state index in [0.717, 1.165) is 32.5 Å². The Morgan fingerprint density at radius 2 is 2.31 bits per heavy atom. The van der Waals surface area contributed by atoms with Gasteiger partial charge in [-0.1, -0.05) is 0 Å². The van der Waals surface area contributed by atoms with Crippen molar-refractivity contribution < 1.29 is 9.53 Å². The molecule has 1 amide bonds. The van der Waals surface area contributed by atoms with E-state index in [0.29, 0.717) is 12.5 Å². The third-order valence-corrected chi connectivity index (χ3v) is 3.08. The molecular formula is C12H24N2O2. The highest BCUT2D eigenvalue weighted by molar-refractivity contribution is 5.75. The van der Waals surface area contributed by atoms with Crippen LogP contribution in [0.15, 0.2) is 0 Å². The summed E-state index contributed by atoms with van der Waals surface area (Å²) in [5, 5.41) is 3.04. The van der Waals surface area contributed by atoms with Crippen molar-refractivity contribution in [2.45, 2.75) is 38.2 Å². The van der Waals surface area contributed by atoms with Gasteiger partial charge in [-0.05, 0) is 32.7 Å². The molecule has 4 heteroatoms. The van der Waals surface area contributed by atoms with Crippen LogP contribution in [0.5, 0.6) is 0 Å². The van der Waals surface area contributed by atoms with Gasteiger partial charge in [-0.2, -0.15) is 0 Å². The number of carbonyl (C=O) groups is 1. The monoisotopic (exact) mass is 228 g/mol. The Hall–Kier alpha value is -0.610. The number of hydrogen-bond donors (Lipinski definition) is 1. The number of nitrogens with zero attached hydrogens (tertiary/aromatic N) is 1. The van der Waals surface area contributed by atoms with Crippen LogP contribution in [-0.4, -0.2) is 50.7 Å². The lowest BCUT2D eigenvalue weighted by molar-refractivity contribution is -0.130. The van der Waals surface area contributed by atoms with Crippen molar-refractivity contribution in [3.05, 3.63) is 0 Å². The maximum Gasteiger partial charge on any atom is 0.222 e. The summed E-state index contributed by atoms with van der Waals surface area (Å²) in [4.78, 5) is 13.5. The summed E-state index contributed by atoms with van der Waals surface area (Å²) in [6.45, 7) is 2.50. The van der Waals surface area contributed by atoms with Gasteiger partial charge in [-0.3, -0.25) is 4.79 Å². The van der Waals surface area contributed by atoms with E-state index in [9.17, 15) is 4.79 Å². The number of carbonyl (C=O) groups excluding carboxylic acids is 1. The molecule has 0 spiro atoms. The molecule has 0 aromatic heterocycles. The van der Waals surface area contributed by atoms with Crippen LogP contribution in [0.3, 0.4) is 0 Å². The van der Waals surface area contributed by atoms with Crippen molar-refractivity contribution in [1.82, 2.24) is 10.2 Å². The average Bonchev–Trinajstić information content (AvgIpc) is 2.34. The number of hydrogen-bond acceptors (Lipinski definition) is 3. The fraction of sp³-hybridized carbons (Fsp3) is 0.917. The second-order valence-electron chi connectivity index (χ2n) is 4.45. The van der Waals surface area contributed by atoms with E-state index in [4.69, 9.17) is 4.74 Å². The third kappa shape index (κ3) is 4.94. The van der Waals surface area contributed by atoms with Gasteiger partial charge in [-0.25, -0.2) is 0 Å². The smallest absolute Gasteiger partial charge is 0.222 e. The maximum absolute atomic E-state index is 11.7. The Balaban J connectivity index is 2.12. The number of rotatable bonds is 6. The lowest BCUT2D eigenvalue weighted by Crippen LogP contribution is -2.33. The van der Waals surface area contributed by atoms with Gasteiger partial charge in [0.25, 0.3) is 0 Å². The number of likely N-dealkylation sites (N-methyl/N-ethyl adjacent to an activating group) is 2. The Morgan fingerprint density at radius 1 is 1.50 bits per heavy atom. The number of nitrogens with one attached hydrogen (secondary N) is 1. The van der Waals surface area contributed by atoms with Crippen LogP contribution in [0.25, 0.3) is 0 Å². The molecule has 0 aromatic carbocycles. The zero-order valence-corrected chi connectivity index (χ0v) is 10.5. The fourth-order valence-electron chi connectivity index (χ4n) is 1.91. The molecule has 1 saturated heterocycles. The topological polar surface area (TPSA) is 41.6 Å². The molecule has 1 aliphatic rings. The van der Waals surface area contributed by atoms with Crippen LogP contribution in [0.4, 0.5) is 0 Å². The molecule has 94 valence electrons. The minimum absolute atomic E-state index is 0.226. The third-order valence-electron chi connectivity index (χ3n) is 3.08. The van der Waals surface area contributed by atoms with Crippen LogP contribution in [0.1, 0.15) is 32.1 Å². The van der Waals surface area contributed by atoms with E-state index in [1.54, 1.807) is 4.90 Å². The SMILES string of the molecule is CNCCN(C)C(=O)CCC1CCCCO1. The van der Waals surface area contributed by atoms with E-state index >= 15 is 0 Å². The summed E-state index contributed by atoms with van der Waals surface area (Å²) < 4.78 is 5.61. The average molecular weight is 228 g/mol.